The largest absolute Gasteiger partial charge is 0.377 e. The second-order valence-corrected chi connectivity index (χ2v) is 4.65. The first kappa shape index (κ1) is 15.7. The number of halogens is 1. The highest BCUT2D eigenvalue weighted by atomic mass is 35.5. The molecule has 106 valence electrons. The summed E-state index contributed by atoms with van der Waals surface area (Å²) in [4.78, 5) is 11.6. The average Bonchev–Trinajstić information content (AvgIpc) is 3.01. The maximum atomic E-state index is 11.6. The van der Waals surface area contributed by atoms with Gasteiger partial charge >= 0.3 is 0 Å². The van der Waals surface area contributed by atoms with Crippen molar-refractivity contribution in [3.05, 3.63) is 0 Å². The van der Waals surface area contributed by atoms with Crippen LogP contribution in [0.1, 0.15) is 25.7 Å². The molecular weight excluding hydrogens is 256 g/mol. The van der Waals surface area contributed by atoms with Gasteiger partial charge in [0.25, 0.3) is 0 Å². The molecule has 0 saturated carbocycles. The zero-order chi connectivity index (χ0) is 11.9. The lowest BCUT2D eigenvalue weighted by Crippen LogP contribution is -2.41. The fraction of sp³-hybridized carbons (Fsp3) is 0.917. The van der Waals surface area contributed by atoms with Gasteiger partial charge in [-0.15, -0.1) is 12.4 Å². The van der Waals surface area contributed by atoms with Gasteiger partial charge in [-0.2, -0.15) is 0 Å². The molecule has 0 radical (unpaired) electrons. The number of rotatable bonds is 6. The van der Waals surface area contributed by atoms with Crippen molar-refractivity contribution in [2.24, 2.45) is 0 Å². The van der Waals surface area contributed by atoms with Crippen molar-refractivity contribution in [1.29, 1.82) is 0 Å². The zero-order valence-electron chi connectivity index (χ0n) is 10.7. The first-order valence-corrected chi connectivity index (χ1v) is 6.57. The van der Waals surface area contributed by atoms with Crippen molar-refractivity contribution >= 4 is 18.3 Å². The van der Waals surface area contributed by atoms with E-state index in [4.69, 9.17) is 9.47 Å². The Hall–Kier alpha value is -0.360. The SMILES string of the molecule is Cl.O=C(NCCOCC1CCCO1)C1CCCN1. The average molecular weight is 279 g/mol. The van der Waals surface area contributed by atoms with E-state index >= 15 is 0 Å². The zero-order valence-corrected chi connectivity index (χ0v) is 11.5. The normalized spacial score (nSPS) is 26.9. The molecule has 2 fully saturated rings. The number of hydrogen-bond acceptors (Lipinski definition) is 4. The van der Waals surface area contributed by atoms with Crippen LogP contribution in [0, 0.1) is 0 Å². The summed E-state index contributed by atoms with van der Waals surface area (Å²) in [5, 5.41) is 6.05. The number of nitrogens with one attached hydrogen (secondary N) is 2. The first-order valence-electron chi connectivity index (χ1n) is 6.57. The maximum absolute atomic E-state index is 11.6. The van der Waals surface area contributed by atoms with E-state index in [-0.39, 0.29) is 30.5 Å². The van der Waals surface area contributed by atoms with Gasteiger partial charge in [-0.05, 0) is 32.2 Å². The van der Waals surface area contributed by atoms with Gasteiger partial charge in [-0.3, -0.25) is 4.79 Å². The molecule has 0 bridgehead atoms. The van der Waals surface area contributed by atoms with Crippen LogP contribution in [0.2, 0.25) is 0 Å². The lowest BCUT2D eigenvalue weighted by Gasteiger charge is -2.12. The highest BCUT2D eigenvalue weighted by molar-refractivity contribution is 5.85. The number of ether oxygens (including phenoxy) is 2. The third-order valence-electron chi connectivity index (χ3n) is 3.25. The first-order chi connectivity index (χ1) is 8.36. The molecule has 2 heterocycles. The molecule has 0 aromatic rings. The topological polar surface area (TPSA) is 59.6 Å². The lowest BCUT2D eigenvalue weighted by atomic mass is 10.2. The number of hydrogen-bond donors (Lipinski definition) is 2. The van der Waals surface area contributed by atoms with E-state index in [2.05, 4.69) is 10.6 Å². The smallest absolute Gasteiger partial charge is 0.237 e. The second kappa shape index (κ2) is 8.69. The minimum Gasteiger partial charge on any atom is -0.377 e. The number of carbonyl (C=O) groups is 1. The van der Waals surface area contributed by atoms with Gasteiger partial charge in [0.2, 0.25) is 5.91 Å². The van der Waals surface area contributed by atoms with Crippen LogP contribution in [0.4, 0.5) is 0 Å². The van der Waals surface area contributed by atoms with Crippen LogP contribution in [0.3, 0.4) is 0 Å². The van der Waals surface area contributed by atoms with E-state index in [1.807, 2.05) is 0 Å². The van der Waals surface area contributed by atoms with Crippen molar-refractivity contribution in [2.45, 2.75) is 37.8 Å². The molecule has 2 N–H and O–H groups in total. The lowest BCUT2D eigenvalue weighted by molar-refractivity contribution is -0.123. The van der Waals surface area contributed by atoms with Gasteiger partial charge < -0.3 is 20.1 Å². The van der Waals surface area contributed by atoms with Gasteiger partial charge in [0.05, 0.1) is 25.4 Å². The standard InChI is InChI=1S/C12H22N2O3.ClH/c15-12(11-4-1-5-13-11)14-6-8-16-9-10-3-2-7-17-10;/h10-11,13H,1-9H2,(H,14,15);1H. The molecule has 2 saturated heterocycles. The fourth-order valence-electron chi connectivity index (χ4n) is 2.27. The van der Waals surface area contributed by atoms with Gasteiger partial charge in [-0.1, -0.05) is 0 Å². The van der Waals surface area contributed by atoms with E-state index in [1.54, 1.807) is 0 Å². The summed E-state index contributed by atoms with van der Waals surface area (Å²) < 4.78 is 10.9. The van der Waals surface area contributed by atoms with E-state index < -0.39 is 0 Å². The summed E-state index contributed by atoms with van der Waals surface area (Å²) in [7, 11) is 0. The van der Waals surface area contributed by atoms with E-state index in [0.717, 1.165) is 38.8 Å². The highest BCUT2D eigenvalue weighted by Crippen LogP contribution is 2.11. The summed E-state index contributed by atoms with van der Waals surface area (Å²) in [5.74, 6) is 0.100. The molecule has 0 aliphatic carbocycles. The van der Waals surface area contributed by atoms with Gasteiger partial charge in [-0.25, -0.2) is 0 Å². The Bertz CT molecular complexity index is 241. The summed E-state index contributed by atoms with van der Waals surface area (Å²) >= 11 is 0. The van der Waals surface area contributed by atoms with Crippen molar-refractivity contribution in [1.82, 2.24) is 10.6 Å². The van der Waals surface area contributed by atoms with Crippen LogP contribution in [0.15, 0.2) is 0 Å². The van der Waals surface area contributed by atoms with Crippen LogP contribution in [-0.4, -0.2) is 51.0 Å². The molecule has 2 unspecified atom stereocenters. The van der Waals surface area contributed by atoms with E-state index in [9.17, 15) is 4.79 Å². The van der Waals surface area contributed by atoms with Crippen LogP contribution < -0.4 is 10.6 Å². The van der Waals surface area contributed by atoms with Crippen molar-refractivity contribution in [3.8, 4) is 0 Å². The Morgan fingerprint density at radius 2 is 2.28 bits per heavy atom. The minimum absolute atomic E-state index is 0. The van der Waals surface area contributed by atoms with Crippen molar-refractivity contribution in [3.63, 3.8) is 0 Å². The molecule has 0 spiro atoms. The maximum Gasteiger partial charge on any atom is 0.237 e. The van der Waals surface area contributed by atoms with Gasteiger partial charge in [0, 0.05) is 13.2 Å². The quantitative estimate of drug-likeness (QED) is 0.694. The molecule has 2 aliphatic rings. The summed E-state index contributed by atoms with van der Waals surface area (Å²) in [5.41, 5.74) is 0. The molecule has 2 aliphatic heterocycles. The summed E-state index contributed by atoms with van der Waals surface area (Å²) in [6.07, 6.45) is 4.54. The summed E-state index contributed by atoms with van der Waals surface area (Å²) in [6.45, 7) is 3.62. The predicted octanol–water partition coefficient (Wildman–Crippen LogP) is 0.472. The number of carbonyl (C=O) groups excluding carboxylic acids is 1. The van der Waals surface area contributed by atoms with E-state index in [1.165, 1.54) is 0 Å². The van der Waals surface area contributed by atoms with Crippen molar-refractivity contribution in [2.75, 3.05) is 32.9 Å². The van der Waals surface area contributed by atoms with Crippen LogP contribution in [0.5, 0.6) is 0 Å². The molecule has 2 rings (SSSR count). The van der Waals surface area contributed by atoms with Gasteiger partial charge in [0.1, 0.15) is 0 Å². The number of amides is 1. The molecule has 0 aromatic heterocycles. The Kier molecular flexibility index (Phi) is 7.58. The summed E-state index contributed by atoms with van der Waals surface area (Å²) in [6, 6.07) is 0.00756. The van der Waals surface area contributed by atoms with Crippen LogP contribution in [0.25, 0.3) is 0 Å². The Balaban J connectivity index is 0.00000162. The predicted molar refractivity (Wildman–Crippen MR) is 71.1 cm³/mol. The molecule has 1 amide bonds. The minimum atomic E-state index is 0. The van der Waals surface area contributed by atoms with Crippen LogP contribution >= 0.6 is 12.4 Å². The molecule has 0 aromatic carbocycles. The molecule has 2 atom stereocenters. The third-order valence-corrected chi connectivity index (χ3v) is 3.25. The highest BCUT2D eigenvalue weighted by Gasteiger charge is 2.21. The molecule has 6 heteroatoms. The Morgan fingerprint density at radius 1 is 1.39 bits per heavy atom. The molecule has 5 nitrogen and oxygen atoms in total. The van der Waals surface area contributed by atoms with Gasteiger partial charge in [0.15, 0.2) is 0 Å². The second-order valence-electron chi connectivity index (χ2n) is 4.65. The van der Waals surface area contributed by atoms with E-state index in [0.29, 0.717) is 19.8 Å². The van der Waals surface area contributed by atoms with Crippen LogP contribution in [-0.2, 0) is 14.3 Å². The fourth-order valence-corrected chi connectivity index (χ4v) is 2.27. The molecular formula is C12H23ClN2O3. The Morgan fingerprint density at radius 3 is 2.94 bits per heavy atom. The molecule has 18 heavy (non-hydrogen) atoms. The third kappa shape index (κ3) is 5.10. The monoisotopic (exact) mass is 278 g/mol. The Labute approximate surface area is 114 Å². The van der Waals surface area contributed by atoms with Crippen molar-refractivity contribution < 1.29 is 14.3 Å².